The lowest BCUT2D eigenvalue weighted by atomic mass is 9.95. The van der Waals surface area contributed by atoms with Crippen LogP contribution in [0, 0.1) is 0 Å². The van der Waals surface area contributed by atoms with Crippen molar-refractivity contribution in [3.63, 3.8) is 0 Å². The summed E-state index contributed by atoms with van der Waals surface area (Å²) in [5.41, 5.74) is 2.05. The van der Waals surface area contributed by atoms with E-state index in [2.05, 4.69) is 0 Å². The molecular weight excluding hydrogens is 556 g/mol. The van der Waals surface area contributed by atoms with Gasteiger partial charge in [0, 0.05) is 36.5 Å². The van der Waals surface area contributed by atoms with Crippen molar-refractivity contribution in [2.24, 2.45) is 0 Å². The van der Waals surface area contributed by atoms with Crippen LogP contribution in [-0.4, -0.2) is 42.8 Å². The molecule has 44 heavy (non-hydrogen) atoms. The van der Waals surface area contributed by atoms with Gasteiger partial charge in [0.1, 0.15) is 35.9 Å². The lowest BCUT2D eigenvalue weighted by molar-refractivity contribution is 0.0227. The number of methoxy groups -OCH3 is 2. The first kappa shape index (κ1) is 32.3. The van der Waals surface area contributed by atoms with Crippen LogP contribution in [0.25, 0.3) is 0 Å². The molecule has 0 atom stereocenters. The molecule has 0 amide bonds. The molecule has 0 spiro atoms. The average molecular weight is 595 g/mol. The largest absolute Gasteiger partial charge is 0.489 e. The number of hydrogen-bond acceptors (Lipinski definition) is 7. The van der Waals surface area contributed by atoms with Crippen molar-refractivity contribution in [1.29, 1.82) is 0 Å². The van der Waals surface area contributed by atoms with E-state index in [0.29, 0.717) is 33.8 Å². The monoisotopic (exact) mass is 594 g/mol. The first-order chi connectivity index (χ1) is 20.9. The maximum atomic E-state index is 13.1. The lowest BCUT2D eigenvalue weighted by Gasteiger charge is -2.21. The Morgan fingerprint density at radius 3 is 1.23 bits per heavy atom. The van der Waals surface area contributed by atoms with Gasteiger partial charge in [-0.2, -0.15) is 0 Å². The molecule has 0 heterocycles. The van der Waals surface area contributed by atoms with Crippen LogP contribution in [0.15, 0.2) is 97.1 Å². The van der Waals surface area contributed by atoms with Gasteiger partial charge in [-0.05, 0) is 99.5 Å². The number of benzene rings is 4. The number of ether oxygens (including phenoxy) is 4. The quantitative estimate of drug-likeness (QED) is 0.142. The van der Waals surface area contributed by atoms with Gasteiger partial charge in [0.05, 0.1) is 0 Å². The van der Waals surface area contributed by atoms with Crippen molar-refractivity contribution >= 4 is 17.3 Å². The second-order valence-electron chi connectivity index (χ2n) is 11.4. The molecule has 0 saturated carbocycles. The van der Waals surface area contributed by atoms with E-state index >= 15 is 0 Å². The highest BCUT2D eigenvalue weighted by Gasteiger charge is 2.29. The van der Waals surface area contributed by atoms with Crippen molar-refractivity contribution in [2.45, 2.75) is 52.1 Å². The fourth-order valence-electron chi connectivity index (χ4n) is 4.39. The Morgan fingerprint density at radius 2 is 0.886 bits per heavy atom. The Bertz CT molecular complexity index is 1500. The Morgan fingerprint density at radius 1 is 0.523 bits per heavy atom. The zero-order chi connectivity index (χ0) is 31.9. The van der Waals surface area contributed by atoms with Crippen molar-refractivity contribution in [3.05, 3.63) is 130 Å². The summed E-state index contributed by atoms with van der Waals surface area (Å²) in [7, 11) is 3.03. The molecule has 0 aliphatic rings. The smallest absolute Gasteiger partial charge is 0.194 e. The number of carbonyl (C=O) groups excluding carboxylic acids is 3. The topological polar surface area (TPSA) is 88.1 Å². The van der Waals surface area contributed by atoms with Gasteiger partial charge in [0.25, 0.3) is 0 Å². The Labute approximate surface area is 258 Å². The maximum absolute atomic E-state index is 13.1. The normalized spacial score (nSPS) is 11.6. The van der Waals surface area contributed by atoms with Crippen molar-refractivity contribution in [1.82, 2.24) is 0 Å². The third kappa shape index (κ3) is 7.86. The number of hydrogen-bond donors (Lipinski definition) is 0. The van der Waals surface area contributed by atoms with E-state index in [9.17, 15) is 14.4 Å². The molecular formula is C37H38O7. The summed E-state index contributed by atoms with van der Waals surface area (Å²) in [5, 5.41) is 0. The van der Waals surface area contributed by atoms with Crippen LogP contribution < -0.4 is 9.47 Å². The molecule has 7 heteroatoms. The first-order valence-corrected chi connectivity index (χ1v) is 14.3. The van der Waals surface area contributed by atoms with Crippen LogP contribution >= 0.6 is 0 Å². The van der Waals surface area contributed by atoms with Gasteiger partial charge in [0.15, 0.2) is 17.3 Å². The van der Waals surface area contributed by atoms with Gasteiger partial charge in [-0.15, -0.1) is 0 Å². The highest BCUT2D eigenvalue weighted by molar-refractivity contribution is 6.09. The fourth-order valence-corrected chi connectivity index (χ4v) is 4.39. The van der Waals surface area contributed by atoms with Gasteiger partial charge in [0.2, 0.25) is 0 Å². The van der Waals surface area contributed by atoms with E-state index in [1.54, 1.807) is 100 Å². The van der Waals surface area contributed by atoms with Gasteiger partial charge in [-0.3, -0.25) is 14.4 Å². The van der Waals surface area contributed by atoms with E-state index < -0.39 is 11.2 Å². The van der Waals surface area contributed by atoms with Gasteiger partial charge in [-0.1, -0.05) is 36.4 Å². The summed E-state index contributed by atoms with van der Waals surface area (Å²) < 4.78 is 22.4. The van der Waals surface area contributed by atoms with Gasteiger partial charge in [-0.25, -0.2) is 0 Å². The SMILES string of the molecule is COC(C)(C)C(=O)c1cccc(COc2ccc(C(=O)c3ccc(OCc4cccc(C(=O)C(C)(C)OC)c4)cc3)cc2)c1. The minimum Gasteiger partial charge on any atom is -0.489 e. The van der Waals surface area contributed by atoms with E-state index in [1.807, 2.05) is 24.3 Å². The van der Waals surface area contributed by atoms with E-state index in [0.717, 1.165) is 11.1 Å². The average Bonchev–Trinajstić information content (AvgIpc) is 3.06. The lowest BCUT2D eigenvalue weighted by Crippen LogP contribution is -2.33. The minimum absolute atomic E-state index is 0.102. The number of rotatable bonds is 14. The zero-order valence-electron chi connectivity index (χ0n) is 26.0. The molecule has 4 rings (SSSR count). The molecule has 0 radical (unpaired) electrons. The molecule has 0 unspecified atom stereocenters. The van der Waals surface area contributed by atoms with Crippen LogP contribution in [0.1, 0.15) is 75.5 Å². The summed E-state index contributed by atoms with van der Waals surface area (Å²) in [6.07, 6.45) is 0. The summed E-state index contributed by atoms with van der Waals surface area (Å²) in [4.78, 5) is 38.5. The van der Waals surface area contributed by atoms with Crippen molar-refractivity contribution < 1.29 is 33.3 Å². The molecule has 228 valence electrons. The highest BCUT2D eigenvalue weighted by atomic mass is 16.5. The summed E-state index contributed by atoms with van der Waals surface area (Å²) >= 11 is 0. The van der Waals surface area contributed by atoms with Crippen molar-refractivity contribution in [2.75, 3.05) is 14.2 Å². The third-order valence-corrected chi connectivity index (χ3v) is 7.54. The van der Waals surface area contributed by atoms with Gasteiger partial charge >= 0.3 is 0 Å². The third-order valence-electron chi connectivity index (χ3n) is 7.54. The van der Waals surface area contributed by atoms with Crippen LogP contribution in [-0.2, 0) is 22.7 Å². The Kier molecular flexibility index (Phi) is 10.1. The fraction of sp³-hybridized carbons (Fsp3) is 0.270. The molecule has 4 aromatic carbocycles. The number of Topliss-reactive ketones (excluding diaryl/α,β-unsaturated/α-hetero) is 2. The summed E-state index contributed by atoms with van der Waals surface area (Å²) in [6, 6.07) is 28.5. The molecule has 0 saturated heterocycles. The second-order valence-corrected chi connectivity index (χ2v) is 11.4. The Hall–Kier alpha value is -4.59. The van der Waals surface area contributed by atoms with E-state index in [4.69, 9.17) is 18.9 Å². The van der Waals surface area contributed by atoms with Gasteiger partial charge < -0.3 is 18.9 Å². The van der Waals surface area contributed by atoms with Crippen LogP contribution in [0.4, 0.5) is 0 Å². The number of carbonyl (C=O) groups is 3. The van der Waals surface area contributed by atoms with Crippen LogP contribution in [0.2, 0.25) is 0 Å². The maximum Gasteiger partial charge on any atom is 0.194 e. The molecule has 7 nitrogen and oxygen atoms in total. The van der Waals surface area contributed by atoms with E-state index in [1.165, 1.54) is 14.2 Å². The number of ketones is 3. The summed E-state index contributed by atoms with van der Waals surface area (Å²) in [5.74, 6) is 0.887. The standard InChI is InChI=1S/C37H38O7/c1-36(2,41-5)34(39)29-11-7-9-25(21-29)23-43-31-17-13-27(14-18-31)33(38)28-15-19-32(20-16-28)44-24-26-10-8-12-30(22-26)35(40)37(3,4)42-6/h7-22H,23-24H2,1-6H3. The highest BCUT2D eigenvalue weighted by Crippen LogP contribution is 2.22. The molecule has 0 aromatic heterocycles. The van der Waals surface area contributed by atoms with Crippen LogP contribution in [0.3, 0.4) is 0 Å². The predicted octanol–water partition coefficient (Wildman–Crippen LogP) is 7.29. The molecule has 4 aromatic rings. The zero-order valence-corrected chi connectivity index (χ0v) is 26.0. The van der Waals surface area contributed by atoms with Crippen molar-refractivity contribution in [3.8, 4) is 11.5 Å². The minimum atomic E-state index is -0.910. The van der Waals surface area contributed by atoms with E-state index in [-0.39, 0.29) is 30.6 Å². The predicted molar refractivity (Wildman–Crippen MR) is 169 cm³/mol. The first-order valence-electron chi connectivity index (χ1n) is 14.3. The molecule has 0 bridgehead atoms. The molecule has 0 N–H and O–H groups in total. The Balaban J connectivity index is 1.32. The second kappa shape index (κ2) is 13.8. The molecule has 0 aliphatic carbocycles. The summed E-state index contributed by atoms with van der Waals surface area (Å²) in [6.45, 7) is 7.49. The molecule has 0 fully saturated rings. The molecule has 0 aliphatic heterocycles. The van der Waals surface area contributed by atoms with Crippen LogP contribution in [0.5, 0.6) is 11.5 Å².